The highest BCUT2D eigenvalue weighted by Crippen LogP contribution is 2.03. The van der Waals surface area contributed by atoms with Crippen molar-refractivity contribution < 1.29 is 9.53 Å². The highest BCUT2D eigenvalue weighted by atomic mass is 127. The van der Waals surface area contributed by atoms with E-state index in [0.29, 0.717) is 0 Å². The fourth-order valence-corrected chi connectivity index (χ4v) is 3.22. The van der Waals surface area contributed by atoms with Crippen LogP contribution in [0.1, 0.15) is 32.1 Å². The van der Waals surface area contributed by atoms with E-state index in [4.69, 9.17) is 4.74 Å². The number of ether oxygens (including phenoxy) is 1. The smallest absolute Gasteiger partial charge is 0.243 e. The lowest BCUT2D eigenvalue weighted by Gasteiger charge is -2.26. The van der Waals surface area contributed by atoms with E-state index < -0.39 is 0 Å². The van der Waals surface area contributed by atoms with Gasteiger partial charge in [0.1, 0.15) is 6.54 Å². The van der Waals surface area contributed by atoms with Crippen molar-refractivity contribution in [2.24, 2.45) is 4.99 Å². The molecule has 0 aromatic carbocycles. The number of amides is 1. The van der Waals surface area contributed by atoms with Crippen molar-refractivity contribution in [3.8, 4) is 0 Å². The van der Waals surface area contributed by atoms with Crippen LogP contribution in [0.3, 0.4) is 0 Å². The van der Waals surface area contributed by atoms with Crippen LogP contribution in [0, 0.1) is 0 Å². The Morgan fingerprint density at radius 1 is 1.07 bits per heavy atom. The zero-order chi connectivity index (χ0) is 19.7. The van der Waals surface area contributed by atoms with Gasteiger partial charge in [-0.2, -0.15) is 11.8 Å². The van der Waals surface area contributed by atoms with E-state index in [2.05, 4.69) is 26.8 Å². The molecule has 1 fully saturated rings. The number of carbonyl (C=O) groups excluding carboxylic acids is 1. The maximum absolute atomic E-state index is 11.8. The molecule has 0 radical (unpaired) electrons. The van der Waals surface area contributed by atoms with Gasteiger partial charge >= 0.3 is 0 Å². The maximum atomic E-state index is 11.8. The Kier molecular flexibility index (Phi) is 18.6. The number of likely N-dealkylation sites (N-methyl/N-ethyl adjacent to an activating group) is 1. The zero-order valence-electron chi connectivity index (χ0n) is 17.9. The Bertz CT molecular complexity index is 421. The van der Waals surface area contributed by atoms with Crippen LogP contribution in [0.15, 0.2) is 4.99 Å². The van der Waals surface area contributed by atoms with E-state index in [-0.39, 0.29) is 36.4 Å². The van der Waals surface area contributed by atoms with E-state index in [1.165, 1.54) is 25.0 Å². The first-order chi connectivity index (χ1) is 13.1. The topological polar surface area (TPSA) is 69.2 Å². The summed E-state index contributed by atoms with van der Waals surface area (Å²) in [6.07, 6.45) is 8.14. The normalized spacial score (nSPS) is 15.0. The molecule has 28 heavy (non-hydrogen) atoms. The molecule has 0 aliphatic carbocycles. The van der Waals surface area contributed by atoms with Crippen LogP contribution >= 0.6 is 35.7 Å². The van der Waals surface area contributed by atoms with Crippen molar-refractivity contribution in [1.82, 2.24) is 20.4 Å². The molecule has 0 saturated carbocycles. The molecule has 1 heterocycles. The molecule has 1 saturated heterocycles. The van der Waals surface area contributed by atoms with Gasteiger partial charge in [-0.3, -0.25) is 9.69 Å². The molecule has 1 aliphatic rings. The predicted octanol–water partition coefficient (Wildman–Crippen LogP) is 1.87. The lowest BCUT2D eigenvalue weighted by atomic mass is 10.2. The Labute approximate surface area is 192 Å². The number of aliphatic imine (C=N–C) groups is 1. The van der Waals surface area contributed by atoms with Crippen molar-refractivity contribution >= 4 is 47.6 Å². The van der Waals surface area contributed by atoms with Crippen molar-refractivity contribution in [2.45, 2.75) is 32.1 Å². The van der Waals surface area contributed by atoms with Gasteiger partial charge in [0.2, 0.25) is 5.91 Å². The number of hydrogen-bond donors (Lipinski definition) is 2. The average Bonchev–Trinajstić information content (AvgIpc) is 2.68. The van der Waals surface area contributed by atoms with Crippen LogP contribution in [0.4, 0.5) is 0 Å². The molecular formula is C19H40IN5O2S. The lowest BCUT2D eigenvalue weighted by molar-refractivity contribution is -0.127. The van der Waals surface area contributed by atoms with Crippen LogP contribution in [0.2, 0.25) is 0 Å². The monoisotopic (exact) mass is 529 g/mol. The van der Waals surface area contributed by atoms with Crippen molar-refractivity contribution in [3.63, 3.8) is 0 Å². The van der Waals surface area contributed by atoms with Gasteiger partial charge in [0.05, 0.1) is 13.2 Å². The van der Waals surface area contributed by atoms with Crippen LogP contribution < -0.4 is 10.6 Å². The van der Waals surface area contributed by atoms with Crippen molar-refractivity contribution in [1.29, 1.82) is 0 Å². The van der Waals surface area contributed by atoms with Gasteiger partial charge in [-0.05, 0) is 37.8 Å². The number of nitrogens with zero attached hydrogens (tertiary/aromatic N) is 3. The molecule has 1 rings (SSSR count). The van der Waals surface area contributed by atoms with Crippen molar-refractivity contribution in [3.05, 3.63) is 0 Å². The number of nitrogens with one attached hydrogen (secondary N) is 2. The van der Waals surface area contributed by atoms with E-state index in [1.54, 1.807) is 19.0 Å². The number of guanidine groups is 1. The molecule has 166 valence electrons. The SMILES string of the molecule is CSCCCCCCNC(=NCC(=O)N(C)C)NCCCN1CCOCC1.I. The molecule has 0 aromatic heterocycles. The lowest BCUT2D eigenvalue weighted by Crippen LogP contribution is -2.41. The summed E-state index contributed by atoms with van der Waals surface area (Å²) in [7, 11) is 3.52. The van der Waals surface area contributed by atoms with E-state index in [9.17, 15) is 4.79 Å². The quantitative estimate of drug-likeness (QED) is 0.164. The van der Waals surface area contributed by atoms with E-state index >= 15 is 0 Å². The summed E-state index contributed by atoms with van der Waals surface area (Å²) < 4.78 is 5.38. The minimum atomic E-state index is 0. The Hall–Kier alpha value is -0.260. The number of unbranched alkanes of at least 4 members (excludes halogenated alkanes) is 3. The van der Waals surface area contributed by atoms with Crippen molar-refractivity contribution in [2.75, 3.05) is 78.6 Å². The number of thioether (sulfide) groups is 1. The molecule has 0 unspecified atom stereocenters. The average molecular weight is 530 g/mol. The Morgan fingerprint density at radius 3 is 2.36 bits per heavy atom. The van der Waals surface area contributed by atoms with Crippen LogP contribution in [-0.4, -0.2) is 100 Å². The minimum Gasteiger partial charge on any atom is -0.379 e. The zero-order valence-corrected chi connectivity index (χ0v) is 21.0. The standard InChI is InChI=1S/C19H39N5O2S.HI/c1-23(2)18(25)17-22-19(20-9-6-4-5-7-16-27-3)21-10-8-11-24-12-14-26-15-13-24;/h4-17H2,1-3H3,(H2,20,21,22);1H. The third-order valence-corrected chi connectivity index (χ3v) is 5.18. The molecule has 0 spiro atoms. The molecule has 1 amide bonds. The summed E-state index contributed by atoms with van der Waals surface area (Å²) in [4.78, 5) is 20.3. The van der Waals surface area contributed by atoms with Gasteiger partial charge in [-0.15, -0.1) is 24.0 Å². The molecular weight excluding hydrogens is 489 g/mol. The molecule has 2 N–H and O–H groups in total. The summed E-state index contributed by atoms with van der Waals surface area (Å²) in [5, 5.41) is 6.74. The van der Waals surface area contributed by atoms with Crippen LogP contribution in [0.5, 0.6) is 0 Å². The summed E-state index contributed by atoms with van der Waals surface area (Å²) in [5.41, 5.74) is 0. The number of carbonyl (C=O) groups is 1. The van der Waals surface area contributed by atoms with E-state index in [0.717, 1.165) is 64.7 Å². The van der Waals surface area contributed by atoms with Gasteiger partial charge < -0.3 is 20.3 Å². The molecule has 1 aliphatic heterocycles. The highest BCUT2D eigenvalue weighted by molar-refractivity contribution is 14.0. The summed E-state index contributed by atoms with van der Waals surface area (Å²) in [5.74, 6) is 2.01. The highest BCUT2D eigenvalue weighted by Gasteiger charge is 2.09. The van der Waals surface area contributed by atoms with Gasteiger partial charge in [0.25, 0.3) is 0 Å². The second-order valence-corrected chi connectivity index (χ2v) is 8.01. The fourth-order valence-electron chi connectivity index (χ4n) is 2.73. The minimum absolute atomic E-state index is 0. The largest absolute Gasteiger partial charge is 0.379 e. The number of rotatable bonds is 13. The van der Waals surface area contributed by atoms with Crippen LogP contribution in [0.25, 0.3) is 0 Å². The third kappa shape index (κ3) is 14.7. The second kappa shape index (κ2) is 18.7. The van der Waals surface area contributed by atoms with Gasteiger partial charge in [0.15, 0.2) is 5.96 Å². The molecule has 0 aromatic rings. The summed E-state index contributed by atoms with van der Waals surface area (Å²) >= 11 is 1.91. The maximum Gasteiger partial charge on any atom is 0.243 e. The molecule has 0 atom stereocenters. The number of morpholine rings is 1. The molecule has 7 nitrogen and oxygen atoms in total. The molecule has 9 heteroatoms. The first kappa shape index (κ1) is 27.7. The third-order valence-electron chi connectivity index (χ3n) is 4.49. The summed E-state index contributed by atoms with van der Waals surface area (Å²) in [6.45, 7) is 6.71. The number of hydrogen-bond acceptors (Lipinski definition) is 5. The van der Waals surface area contributed by atoms with E-state index in [1.807, 2.05) is 11.8 Å². The summed E-state index contributed by atoms with van der Waals surface area (Å²) in [6, 6.07) is 0. The first-order valence-electron chi connectivity index (χ1n) is 10.1. The van der Waals surface area contributed by atoms with Crippen LogP contribution in [-0.2, 0) is 9.53 Å². The van der Waals surface area contributed by atoms with Gasteiger partial charge in [0, 0.05) is 40.3 Å². The fraction of sp³-hybridized carbons (Fsp3) is 0.895. The van der Waals surface area contributed by atoms with Gasteiger partial charge in [-0.25, -0.2) is 4.99 Å². The Balaban J connectivity index is 0.00000729. The number of halogens is 1. The second-order valence-electron chi connectivity index (χ2n) is 7.02. The predicted molar refractivity (Wildman–Crippen MR) is 131 cm³/mol. The van der Waals surface area contributed by atoms with Gasteiger partial charge in [-0.1, -0.05) is 12.8 Å². The molecule has 0 bridgehead atoms. The Morgan fingerprint density at radius 2 is 1.71 bits per heavy atom. The first-order valence-corrected chi connectivity index (χ1v) is 11.5.